The quantitative estimate of drug-likeness (QED) is 0.745. The second kappa shape index (κ2) is 7.30. The molecule has 4 heteroatoms. The van der Waals surface area contributed by atoms with Crippen LogP contribution in [-0.4, -0.2) is 24.0 Å². The van der Waals surface area contributed by atoms with E-state index >= 15 is 0 Å². The van der Waals surface area contributed by atoms with Crippen LogP contribution in [0.15, 0.2) is 24.3 Å². The lowest BCUT2D eigenvalue weighted by atomic mass is 10.2. The summed E-state index contributed by atoms with van der Waals surface area (Å²) >= 11 is 1.62. The summed E-state index contributed by atoms with van der Waals surface area (Å²) in [6.07, 6.45) is 0.961. The largest absolute Gasteiger partial charge is 0.330 e. The molecule has 0 radical (unpaired) electrons. The van der Waals surface area contributed by atoms with E-state index in [4.69, 9.17) is 5.73 Å². The molecule has 0 atom stereocenters. The third-order valence-corrected chi connectivity index (χ3v) is 3.19. The minimum Gasteiger partial charge on any atom is -0.330 e. The van der Waals surface area contributed by atoms with Crippen LogP contribution in [0.3, 0.4) is 0 Å². The maximum Gasteiger partial charge on any atom is 0.234 e. The first-order valence-electron chi connectivity index (χ1n) is 5.37. The zero-order valence-electron chi connectivity index (χ0n) is 9.53. The first-order valence-corrected chi connectivity index (χ1v) is 6.53. The van der Waals surface area contributed by atoms with Gasteiger partial charge in [0.25, 0.3) is 0 Å². The van der Waals surface area contributed by atoms with E-state index in [9.17, 15) is 4.79 Å². The van der Waals surface area contributed by atoms with Crippen LogP contribution in [0, 0.1) is 6.92 Å². The average molecular weight is 238 g/mol. The Balaban J connectivity index is 2.32. The minimum absolute atomic E-state index is 0.0521. The van der Waals surface area contributed by atoms with E-state index in [1.165, 1.54) is 0 Å². The molecule has 3 N–H and O–H groups in total. The van der Waals surface area contributed by atoms with Crippen LogP contribution < -0.4 is 11.1 Å². The first kappa shape index (κ1) is 13.1. The van der Waals surface area contributed by atoms with Gasteiger partial charge >= 0.3 is 0 Å². The fourth-order valence-corrected chi connectivity index (χ4v) is 2.02. The molecule has 1 rings (SSSR count). The number of nitrogens with one attached hydrogen (secondary N) is 1. The van der Waals surface area contributed by atoms with E-state index < -0.39 is 0 Å². The molecule has 1 aromatic rings. The van der Waals surface area contributed by atoms with Gasteiger partial charge in [0.15, 0.2) is 0 Å². The van der Waals surface area contributed by atoms with Gasteiger partial charge in [-0.3, -0.25) is 4.79 Å². The van der Waals surface area contributed by atoms with Crippen molar-refractivity contribution in [2.45, 2.75) is 13.3 Å². The second-order valence-corrected chi connectivity index (χ2v) is 4.66. The van der Waals surface area contributed by atoms with Gasteiger partial charge in [-0.1, -0.05) is 18.2 Å². The predicted octanol–water partition coefficient (Wildman–Crippen LogP) is 2.02. The molecule has 0 aliphatic heterocycles. The van der Waals surface area contributed by atoms with Crippen LogP contribution >= 0.6 is 11.8 Å². The molecular formula is C12H18N2OS. The van der Waals surface area contributed by atoms with E-state index in [1.54, 1.807) is 11.8 Å². The highest BCUT2D eigenvalue weighted by atomic mass is 32.2. The number of thioether (sulfide) groups is 1. The molecule has 0 aromatic heterocycles. The fourth-order valence-electron chi connectivity index (χ4n) is 1.25. The molecule has 0 bridgehead atoms. The van der Waals surface area contributed by atoms with Gasteiger partial charge in [-0.2, -0.15) is 11.8 Å². The van der Waals surface area contributed by atoms with Crippen molar-refractivity contribution in [1.29, 1.82) is 0 Å². The number of para-hydroxylation sites is 1. The van der Waals surface area contributed by atoms with Crippen molar-refractivity contribution in [3.63, 3.8) is 0 Å². The smallest absolute Gasteiger partial charge is 0.234 e. The number of carbonyl (C=O) groups is 1. The summed E-state index contributed by atoms with van der Waals surface area (Å²) in [7, 11) is 0. The third kappa shape index (κ3) is 4.68. The molecular weight excluding hydrogens is 220 g/mol. The SMILES string of the molecule is Cc1ccccc1NC(=O)CSCCCN. The van der Waals surface area contributed by atoms with Crippen LogP contribution in [0.1, 0.15) is 12.0 Å². The summed E-state index contributed by atoms with van der Waals surface area (Å²) < 4.78 is 0. The number of rotatable bonds is 6. The predicted molar refractivity (Wildman–Crippen MR) is 70.8 cm³/mol. The zero-order valence-corrected chi connectivity index (χ0v) is 10.3. The van der Waals surface area contributed by atoms with Crippen molar-refractivity contribution in [3.05, 3.63) is 29.8 Å². The standard InChI is InChI=1S/C12H18N2OS/c1-10-5-2-3-6-11(10)14-12(15)9-16-8-4-7-13/h2-3,5-6H,4,7-9,13H2,1H3,(H,14,15). The van der Waals surface area contributed by atoms with Gasteiger partial charge in [0.05, 0.1) is 5.75 Å². The topological polar surface area (TPSA) is 55.1 Å². The van der Waals surface area contributed by atoms with Crippen molar-refractivity contribution in [3.8, 4) is 0 Å². The van der Waals surface area contributed by atoms with Gasteiger partial charge in [0, 0.05) is 5.69 Å². The molecule has 0 saturated carbocycles. The fraction of sp³-hybridized carbons (Fsp3) is 0.417. The highest BCUT2D eigenvalue weighted by molar-refractivity contribution is 7.99. The van der Waals surface area contributed by atoms with E-state index in [0.29, 0.717) is 12.3 Å². The minimum atomic E-state index is 0.0521. The van der Waals surface area contributed by atoms with Crippen LogP contribution in [0.25, 0.3) is 0 Å². The number of hydrogen-bond donors (Lipinski definition) is 2. The molecule has 0 unspecified atom stereocenters. The number of carbonyl (C=O) groups excluding carboxylic acids is 1. The lowest BCUT2D eigenvalue weighted by Crippen LogP contribution is -2.15. The number of nitrogens with two attached hydrogens (primary N) is 1. The molecule has 0 aliphatic rings. The van der Waals surface area contributed by atoms with Crippen LogP contribution in [0.2, 0.25) is 0 Å². The number of amides is 1. The van der Waals surface area contributed by atoms with E-state index in [-0.39, 0.29) is 5.91 Å². The third-order valence-electron chi connectivity index (χ3n) is 2.15. The zero-order chi connectivity index (χ0) is 11.8. The Morgan fingerprint density at radius 3 is 2.88 bits per heavy atom. The van der Waals surface area contributed by atoms with Crippen molar-refractivity contribution in [2.75, 3.05) is 23.4 Å². The molecule has 0 fully saturated rings. The molecule has 0 saturated heterocycles. The number of anilines is 1. The van der Waals surface area contributed by atoms with Gasteiger partial charge in [-0.15, -0.1) is 0 Å². The lowest BCUT2D eigenvalue weighted by molar-refractivity contribution is -0.113. The number of hydrogen-bond acceptors (Lipinski definition) is 3. The molecule has 0 spiro atoms. The van der Waals surface area contributed by atoms with E-state index in [1.807, 2.05) is 31.2 Å². The highest BCUT2D eigenvalue weighted by Gasteiger charge is 2.03. The first-order chi connectivity index (χ1) is 7.74. The van der Waals surface area contributed by atoms with E-state index in [0.717, 1.165) is 23.4 Å². The lowest BCUT2D eigenvalue weighted by Gasteiger charge is -2.07. The molecule has 16 heavy (non-hydrogen) atoms. The van der Waals surface area contributed by atoms with Crippen LogP contribution in [0.5, 0.6) is 0 Å². The summed E-state index contributed by atoms with van der Waals surface area (Å²) in [5.41, 5.74) is 7.36. The Labute approximate surface area is 101 Å². The molecule has 1 aromatic carbocycles. The van der Waals surface area contributed by atoms with Gasteiger partial charge in [0.2, 0.25) is 5.91 Å². The highest BCUT2D eigenvalue weighted by Crippen LogP contribution is 2.13. The Bertz CT molecular complexity index is 342. The van der Waals surface area contributed by atoms with Gasteiger partial charge in [-0.05, 0) is 37.3 Å². The normalized spacial score (nSPS) is 10.1. The summed E-state index contributed by atoms with van der Waals surface area (Å²) in [5, 5.41) is 2.90. The van der Waals surface area contributed by atoms with E-state index in [2.05, 4.69) is 5.32 Å². The van der Waals surface area contributed by atoms with Gasteiger partial charge in [-0.25, -0.2) is 0 Å². The molecule has 88 valence electrons. The summed E-state index contributed by atoms with van der Waals surface area (Å²) in [5.74, 6) is 1.49. The molecule has 1 amide bonds. The number of benzene rings is 1. The molecule has 0 aliphatic carbocycles. The monoisotopic (exact) mass is 238 g/mol. The van der Waals surface area contributed by atoms with Crippen molar-refractivity contribution < 1.29 is 4.79 Å². The maximum absolute atomic E-state index is 11.6. The Morgan fingerprint density at radius 1 is 1.44 bits per heavy atom. The van der Waals surface area contributed by atoms with Crippen molar-refractivity contribution >= 4 is 23.4 Å². The molecule has 0 heterocycles. The van der Waals surface area contributed by atoms with Crippen LogP contribution in [-0.2, 0) is 4.79 Å². The maximum atomic E-state index is 11.6. The summed E-state index contributed by atoms with van der Waals surface area (Å²) in [4.78, 5) is 11.6. The van der Waals surface area contributed by atoms with Crippen molar-refractivity contribution in [1.82, 2.24) is 0 Å². The Morgan fingerprint density at radius 2 is 2.19 bits per heavy atom. The summed E-state index contributed by atoms with van der Waals surface area (Å²) in [6.45, 7) is 2.67. The van der Waals surface area contributed by atoms with Crippen molar-refractivity contribution in [2.24, 2.45) is 5.73 Å². The summed E-state index contributed by atoms with van der Waals surface area (Å²) in [6, 6.07) is 7.78. The van der Waals surface area contributed by atoms with Gasteiger partial charge < -0.3 is 11.1 Å². The van der Waals surface area contributed by atoms with Gasteiger partial charge in [0.1, 0.15) is 0 Å². The second-order valence-electron chi connectivity index (χ2n) is 3.56. The number of aryl methyl sites for hydroxylation is 1. The Kier molecular flexibility index (Phi) is 5.96. The average Bonchev–Trinajstić information content (AvgIpc) is 2.28. The molecule has 3 nitrogen and oxygen atoms in total. The van der Waals surface area contributed by atoms with Crippen LogP contribution in [0.4, 0.5) is 5.69 Å². The Hall–Kier alpha value is -1.000.